The van der Waals surface area contributed by atoms with Crippen LogP contribution in [0.2, 0.25) is 0 Å². The summed E-state index contributed by atoms with van der Waals surface area (Å²) in [6.45, 7) is 0. The van der Waals surface area contributed by atoms with E-state index in [2.05, 4.69) is 47.5 Å². The molecule has 5 rings (SSSR count). The summed E-state index contributed by atoms with van der Waals surface area (Å²) in [5.41, 5.74) is 4.90. The normalized spacial score (nSPS) is 10.9. The summed E-state index contributed by atoms with van der Waals surface area (Å²) < 4.78 is 2.36. The third-order valence-electron chi connectivity index (χ3n) is 4.79. The lowest BCUT2D eigenvalue weighted by Gasteiger charge is -2.06. The van der Waals surface area contributed by atoms with E-state index in [-0.39, 0.29) is 0 Å². The second-order valence-corrected chi connectivity index (χ2v) is 7.36. The molecule has 0 amide bonds. The third-order valence-corrected chi connectivity index (χ3v) is 6.06. The molecule has 0 saturated heterocycles. The van der Waals surface area contributed by atoms with Crippen LogP contribution in [0.4, 0.5) is 0 Å². The Balaban J connectivity index is 1.90. The number of hydrogen-bond acceptors (Lipinski definition) is 3. The Labute approximate surface area is 161 Å². The van der Waals surface area contributed by atoms with Crippen LogP contribution in [0.15, 0.2) is 85.1 Å². The molecule has 2 nitrogen and oxygen atoms in total. The van der Waals surface area contributed by atoms with Crippen molar-refractivity contribution in [3.8, 4) is 28.5 Å². The van der Waals surface area contributed by atoms with Crippen molar-refractivity contribution in [3.05, 3.63) is 90.6 Å². The zero-order valence-corrected chi connectivity index (χ0v) is 15.2. The Hall–Kier alpha value is -3.48. The van der Waals surface area contributed by atoms with Crippen molar-refractivity contribution >= 4 is 31.5 Å². The lowest BCUT2D eigenvalue weighted by Crippen LogP contribution is -1.84. The first-order chi connectivity index (χ1) is 13.4. The number of hydrogen-bond donors (Lipinski definition) is 0. The predicted molar refractivity (Wildman–Crippen MR) is 113 cm³/mol. The molecule has 0 N–H and O–H groups in total. The number of fused-ring (bicyclic) bond motifs is 3. The molecule has 0 atom stereocenters. The van der Waals surface area contributed by atoms with E-state index >= 15 is 0 Å². The van der Waals surface area contributed by atoms with E-state index in [4.69, 9.17) is 0 Å². The number of nitriles is 1. The first-order valence-corrected chi connectivity index (χ1v) is 9.53. The number of rotatable bonds is 2. The van der Waals surface area contributed by atoms with Crippen LogP contribution in [0, 0.1) is 11.3 Å². The SMILES string of the molecule is N#Cc1ccc2c(sc3c(-c4ccccn4)cccc32)c1-c1ccccc1. The van der Waals surface area contributed by atoms with Crippen molar-refractivity contribution < 1.29 is 0 Å². The summed E-state index contributed by atoms with van der Waals surface area (Å²) in [7, 11) is 0. The van der Waals surface area contributed by atoms with Crippen LogP contribution >= 0.6 is 11.3 Å². The van der Waals surface area contributed by atoms with Crippen LogP contribution in [0.1, 0.15) is 5.56 Å². The lowest BCUT2D eigenvalue weighted by atomic mass is 9.97. The zero-order chi connectivity index (χ0) is 18.2. The highest BCUT2D eigenvalue weighted by Gasteiger charge is 2.16. The van der Waals surface area contributed by atoms with E-state index in [9.17, 15) is 5.26 Å². The van der Waals surface area contributed by atoms with Crippen LogP contribution < -0.4 is 0 Å². The lowest BCUT2D eigenvalue weighted by molar-refractivity contribution is 1.33. The first-order valence-electron chi connectivity index (χ1n) is 8.72. The predicted octanol–water partition coefficient (Wildman–Crippen LogP) is 6.66. The second-order valence-electron chi connectivity index (χ2n) is 6.34. The van der Waals surface area contributed by atoms with E-state index in [1.165, 1.54) is 15.5 Å². The molecule has 27 heavy (non-hydrogen) atoms. The van der Waals surface area contributed by atoms with Gasteiger partial charge in [0, 0.05) is 37.5 Å². The number of benzene rings is 3. The van der Waals surface area contributed by atoms with Gasteiger partial charge in [0.1, 0.15) is 0 Å². The van der Waals surface area contributed by atoms with Crippen molar-refractivity contribution in [2.24, 2.45) is 0 Å². The Bertz CT molecular complexity index is 1310. The minimum Gasteiger partial charge on any atom is -0.256 e. The van der Waals surface area contributed by atoms with Crippen molar-refractivity contribution in [1.29, 1.82) is 5.26 Å². The molecule has 2 heterocycles. The van der Waals surface area contributed by atoms with Gasteiger partial charge in [-0.05, 0) is 23.8 Å². The summed E-state index contributed by atoms with van der Waals surface area (Å²) in [6, 6.07) is 28.9. The summed E-state index contributed by atoms with van der Waals surface area (Å²) in [5.74, 6) is 0. The fraction of sp³-hybridized carbons (Fsp3) is 0. The molecule has 0 fully saturated rings. The van der Waals surface area contributed by atoms with Gasteiger partial charge >= 0.3 is 0 Å². The first kappa shape index (κ1) is 15.7. The average molecular weight is 362 g/mol. The van der Waals surface area contributed by atoms with Crippen LogP contribution in [0.3, 0.4) is 0 Å². The maximum Gasteiger partial charge on any atom is 0.0998 e. The number of thiophene rings is 1. The van der Waals surface area contributed by atoms with E-state index in [1.807, 2.05) is 48.7 Å². The molecule has 5 aromatic rings. The van der Waals surface area contributed by atoms with Gasteiger partial charge in [0.15, 0.2) is 0 Å². The maximum absolute atomic E-state index is 9.69. The molecule has 2 aromatic heterocycles. The zero-order valence-electron chi connectivity index (χ0n) is 14.4. The molecule has 126 valence electrons. The van der Waals surface area contributed by atoms with E-state index < -0.39 is 0 Å². The molecular weight excluding hydrogens is 348 g/mol. The standard InChI is InChI=1S/C24H14N2S/c25-15-17-12-13-19-18-9-6-10-20(21-11-4-5-14-26-21)23(18)27-24(19)22(17)16-7-2-1-3-8-16/h1-14H. The van der Waals surface area contributed by atoms with Gasteiger partial charge < -0.3 is 0 Å². The highest BCUT2D eigenvalue weighted by molar-refractivity contribution is 7.26. The number of nitrogens with zero attached hydrogens (tertiary/aromatic N) is 2. The largest absolute Gasteiger partial charge is 0.256 e. The average Bonchev–Trinajstić information content (AvgIpc) is 3.13. The number of pyridine rings is 1. The van der Waals surface area contributed by atoms with E-state index in [1.54, 1.807) is 11.3 Å². The highest BCUT2D eigenvalue weighted by Crippen LogP contribution is 2.44. The second kappa shape index (κ2) is 6.35. The maximum atomic E-state index is 9.69. The Morgan fingerprint density at radius 1 is 0.741 bits per heavy atom. The monoisotopic (exact) mass is 362 g/mol. The summed E-state index contributed by atoms with van der Waals surface area (Å²) >= 11 is 1.74. The van der Waals surface area contributed by atoms with Gasteiger partial charge in [-0.15, -0.1) is 11.3 Å². The Kier molecular flexibility index (Phi) is 3.71. The molecule has 0 aliphatic rings. The van der Waals surface area contributed by atoms with E-state index in [0.29, 0.717) is 5.56 Å². The molecule has 0 spiro atoms. The summed E-state index contributed by atoms with van der Waals surface area (Å²) in [6.07, 6.45) is 1.82. The minimum absolute atomic E-state index is 0.708. The highest BCUT2D eigenvalue weighted by atomic mass is 32.1. The molecule has 3 heteroatoms. The van der Waals surface area contributed by atoms with Crippen molar-refractivity contribution in [1.82, 2.24) is 4.98 Å². The quantitative estimate of drug-likeness (QED) is 0.352. The van der Waals surface area contributed by atoms with Gasteiger partial charge in [0.05, 0.1) is 17.3 Å². The van der Waals surface area contributed by atoms with Gasteiger partial charge in [0.25, 0.3) is 0 Å². The summed E-state index contributed by atoms with van der Waals surface area (Å²) in [4.78, 5) is 4.54. The van der Waals surface area contributed by atoms with Crippen LogP contribution in [0.25, 0.3) is 42.6 Å². The molecule has 3 aromatic carbocycles. The fourth-order valence-electron chi connectivity index (χ4n) is 3.57. The van der Waals surface area contributed by atoms with Crippen molar-refractivity contribution in [2.45, 2.75) is 0 Å². The third kappa shape index (κ3) is 2.51. The van der Waals surface area contributed by atoms with Crippen molar-refractivity contribution in [3.63, 3.8) is 0 Å². The molecule has 0 aliphatic heterocycles. The van der Waals surface area contributed by atoms with Gasteiger partial charge in [-0.1, -0.05) is 60.7 Å². The Morgan fingerprint density at radius 3 is 2.33 bits per heavy atom. The topological polar surface area (TPSA) is 36.7 Å². The molecule has 0 radical (unpaired) electrons. The number of aromatic nitrogens is 1. The smallest absolute Gasteiger partial charge is 0.0998 e. The van der Waals surface area contributed by atoms with Gasteiger partial charge in [0.2, 0.25) is 0 Å². The van der Waals surface area contributed by atoms with E-state index in [0.717, 1.165) is 27.1 Å². The summed E-state index contributed by atoms with van der Waals surface area (Å²) in [5, 5.41) is 12.1. The van der Waals surface area contributed by atoms with Crippen molar-refractivity contribution in [2.75, 3.05) is 0 Å². The Morgan fingerprint density at radius 2 is 1.56 bits per heavy atom. The van der Waals surface area contributed by atoms with Crippen LogP contribution in [0.5, 0.6) is 0 Å². The minimum atomic E-state index is 0.708. The van der Waals surface area contributed by atoms with Gasteiger partial charge in [-0.25, -0.2) is 0 Å². The van der Waals surface area contributed by atoms with Gasteiger partial charge in [-0.2, -0.15) is 5.26 Å². The molecule has 0 aliphatic carbocycles. The molecule has 0 unspecified atom stereocenters. The molecular formula is C24H14N2S. The molecule has 0 bridgehead atoms. The molecule has 0 saturated carbocycles. The van der Waals surface area contributed by atoms with Crippen LogP contribution in [-0.2, 0) is 0 Å². The van der Waals surface area contributed by atoms with Crippen LogP contribution in [-0.4, -0.2) is 4.98 Å². The fourth-order valence-corrected chi connectivity index (χ4v) is 4.96. The van der Waals surface area contributed by atoms with Gasteiger partial charge in [-0.3, -0.25) is 4.98 Å².